The lowest BCUT2D eigenvalue weighted by Gasteiger charge is -2.04. The Morgan fingerprint density at radius 1 is 1.27 bits per heavy atom. The third-order valence-corrected chi connectivity index (χ3v) is 4.02. The first kappa shape index (κ1) is 10.2. The van der Waals surface area contributed by atoms with Gasteiger partial charge >= 0.3 is 0 Å². The number of fused-ring (bicyclic) bond motifs is 1. The van der Waals surface area contributed by atoms with Gasteiger partial charge in [0.1, 0.15) is 5.75 Å². The molecule has 0 radical (unpaired) electrons. The van der Waals surface area contributed by atoms with Crippen LogP contribution in [-0.2, 0) is 0 Å². The molecule has 0 spiro atoms. The van der Waals surface area contributed by atoms with E-state index in [0.717, 1.165) is 38.1 Å². The summed E-state index contributed by atoms with van der Waals surface area (Å²) in [6.45, 7) is 4.00. The smallest absolute Gasteiger partial charge is 0.160 e. The fourth-order valence-electron chi connectivity index (χ4n) is 1.75. The van der Waals surface area contributed by atoms with Crippen LogP contribution < -0.4 is 4.74 Å². The van der Waals surface area contributed by atoms with Crippen LogP contribution in [0.15, 0.2) is 12.1 Å². The summed E-state index contributed by atoms with van der Waals surface area (Å²) in [5.74, 6) is 0.876. The molecular formula is C12H12O2S. The van der Waals surface area contributed by atoms with Gasteiger partial charge in [0.15, 0.2) is 6.29 Å². The van der Waals surface area contributed by atoms with E-state index in [2.05, 4.69) is 0 Å². The molecule has 0 unspecified atom stereocenters. The fraction of sp³-hybridized carbons (Fsp3) is 0.250. The summed E-state index contributed by atoms with van der Waals surface area (Å²) >= 11 is 1.53. The zero-order valence-electron chi connectivity index (χ0n) is 8.96. The molecule has 0 saturated heterocycles. The van der Waals surface area contributed by atoms with E-state index >= 15 is 0 Å². The van der Waals surface area contributed by atoms with Crippen molar-refractivity contribution in [2.75, 3.05) is 7.11 Å². The Bertz CT molecular complexity index is 526. The van der Waals surface area contributed by atoms with Crippen molar-refractivity contribution in [1.29, 1.82) is 0 Å². The molecule has 2 rings (SSSR count). The van der Waals surface area contributed by atoms with E-state index in [1.165, 1.54) is 11.3 Å². The van der Waals surface area contributed by atoms with Gasteiger partial charge in [-0.15, -0.1) is 11.3 Å². The average molecular weight is 220 g/mol. The van der Waals surface area contributed by atoms with Gasteiger partial charge in [-0.1, -0.05) is 0 Å². The maximum absolute atomic E-state index is 10.8. The molecule has 0 aliphatic heterocycles. The van der Waals surface area contributed by atoms with Gasteiger partial charge in [0.05, 0.1) is 12.0 Å². The van der Waals surface area contributed by atoms with Crippen LogP contribution in [0.25, 0.3) is 10.1 Å². The molecule has 78 valence electrons. The Kier molecular flexibility index (Phi) is 2.49. The van der Waals surface area contributed by atoms with E-state index < -0.39 is 0 Å². The zero-order chi connectivity index (χ0) is 11.0. The van der Waals surface area contributed by atoms with Gasteiger partial charge in [-0.05, 0) is 36.9 Å². The van der Waals surface area contributed by atoms with Crippen molar-refractivity contribution in [3.63, 3.8) is 0 Å². The molecule has 0 saturated carbocycles. The van der Waals surface area contributed by atoms with Crippen LogP contribution in [-0.4, -0.2) is 13.4 Å². The highest BCUT2D eigenvalue weighted by Crippen LogP contribution is 2.36. The first-order valence-electron chi connectivity index (χ1n) is 4.71. The molecule has 0 amide bonds. The van der Waals surface area contributed by atoms with Crippen molar-refractivity contribution >= 4 is 27.7 Å². The van der Waals surface area contributed by atoms with Crippen molar-refractivity contribution in [3.05, 3.63) is 28.1 Å². The Balaban J connectivity index is 2.83. The van der Waals surface area contributed by atoms with Crippen LogP contribution in [0.2, 0.25) is 0 Å². The molecule has 0 bridgehead atoms. The second kappa shape index (κ2) is 3.66. The molecule has 3 heteroatoms. The minimum absolute atomic E-state index is 0.807. The van der Waals surface area contributed by atoms with Gasteiger partial charge in [0, 0.05) is 10.3 Å². The zero-order valence-corrected chi connectivity index (χ0v) is 9.77. The predicted octanol–water partition coefficient (Wildman–Crippen LogP) is 3.34. The number of aryl methyl sites for hydroxylation is 2. The van der Waals surface area contributed by atoms with Gasteiger partial charge in [0.2, 0.25) is 0 Å². The average Bonchev–Trinajstić information content (AvgIpc) is 2.57. The summed E-state index contributed by atoms with van der Waals surface area (Å²) in [7, 11) is 1.66. The summed E-state index contributed by atoms with van der Waals surface area (Å²) in [4.78, 5) is 11.6. The fourth-order valence-corrected chi connectivity index (χ4v) is 2.87. The number of ether oxygens (including phenoxy) is 1. The second-order valence-corrected chi connectivity index (χ2v) is 4.53. The Morgan fingerprint density at radius 3 is 2.60 bits per heavy atom. The molecule has 2 nitrogen and oxygen atoms in total. The summed E-state index contributed by atoms with van der Waals surface area (Å²) in [5.41, 5.74) is 2.17. The maximum atomic E-state index is 10.8. The standard InChI is InChI=1S/C12H12O2S/c1-7-9-4-5-10(14-3)8(2)12(9)15-11(7)6-13/h4-6H,1-3H3. The minimum Gasteiger partial charge on any atom is -0.496 e. The van der Waals surface area contributed by atoms with Crippen molar-refractivity contribution in [1.82, 2.24) is 0 Å². The number of thiophene rings is 1. The SMILES string of the molecule is COc1ccc2c(C)c(C=O)sc2c1C. The highest BCUT2D eigenvalue weighted by molar-refractivity contribution is 7.21. The maximum Gasteiger partial charge on any atom is 0.160 e. The van der Waals surface area contributed by atoms with E-state index in [4.69, 9.17) is 4.74 Å². The lowest BCUT2D eigenvalue weighted by Crippen LogP contribution is -1.86. The van der Waals surface area contributed by atoms with E-state index in [1.807, 2.05) is 26.0 Å². The molecule has 0 atom stereocenters. The highest BCUT2D eigenvalue weighted by Gasteiger charge is 2.11. The summed E-state index contributed by atoms with van der Waals surface area (Å²) in [6.07, 6.45) is 0.923. The summed E-state index contributed by atoms with van der Waals surface area (Å²) in [6, 6.07) is 3.96. The molecule has 1 heterocycles. The molecule has 1 aromatic carbocycles. The van der Waals surface area contributed by atoms with Crippen LogP contribution in [0.1, 0.15) is 20.8 Å². The Labute approximate surface area is 92.5 Å². The number of aldehydes is 1. The number of benzene rings is 1. The number of carbonyl (C=O) groups excluding carboxylic acids is 1. The monoisotopic (exact) mass is 220 g/mol. The second-order valence-electron chi connectivity index (χ2n) is 3.48. The normalized spacial score (nSPS) is 10.6. The number of carbonyl (C=O) groups is 1. The number of hydrogen-bond donors (Lipinski definition) is 0. The van der Waals surface area contributed by atoms with Gasteiger partial charge < -0.3 is 4.74 Å². The number of rotatable bonds is 2. The first-order valence-corrected chi connectivity index (χ1v) is 5.52. The Morgan fingerprint density at radius 2 is 2.00 bits per heavy atom. The third-order valence-electron chi connectivity index (χ3n) is 2.67. The topological polar surface area (TPSA) is 26.3 Å². The molecule has 0 aliphatic rings. The van der Waals surface area contributed by atoms with Crippen LogP contribution >= 0.6 is 11.3 Å². The highest BCUT2D eigenvalue weighted by atomic mass is 32.1. The van der Waals surface area contributed by atoms with E-state index in [9.17, 15) is 4.79 Å². The van der Waals surface area contributed by atoms with Crippen LogP contribution in [0.4, 0.5) is 0 Å². The van der Waals surface area contributed by atoms with E-state index in [1.54, 1.807) is 7.11 Å². The molecule has 2 aromatic rings. The lowest BCUT2D eigenvalue weighted by atomic mass is 10.1. The minimum atomic E-state index is 0.807. The van der Waals surface area contributed by atoms with Crippen molar-refractivity contribution in [2.45, 2.75) is 13.8 Å². The van der Waals surface area contributed by atoms with Gasteiger partial charge in [-0.2, -0.15) is 0 Å². The molecule has 1 aromatic heterocycles. The van der Waals surface area contributed by atoms with Crippen molar-refractivity contribution in [3.8, 4) is 5.75 Å². The van der Waals surface area contributed by atoms with Gasteiger partial charge in [-0.25, -0.2) is 0 Å². The van der Waals surface area contributed by atoms with Crippen molar-refractivity contribution in [2.24, 2.45) is 0 Å². The van der Waals surface area contributed by atoms with E-state index in [0.29, 0.717) is 0 Å². The molecule has 15 heavy (non-hydrogen) atoms. The summed E-state index contributed by atoms with van der Waals surface area (Å²) in [5, 5.41) is 1.15. The number of hydrogen-bond acceptors (Lipinski definition) is 3. The quantitative estimate of drug-likeness (QED) is 0.725. The van der Waals surface area contributed by atoms with Crippen LogP contribution in [0.5, 0.6) is 5.75 Å². The lowest BCUT2D eigenvalue weighted by molar-refractivity contribution is 0.112. The first-order chi connectivity index (χ1) is 7.19. The molecule has 0 fully saturated rings. The third kappa shape index (κ3) is 1.43. The van der Waals surface area contributed by atoms with Crippen molar-refractivity contribution < 1.29 is 9.53 Å². The van der Waals surface area contributed by atoms with E-state index in [-0.39, 0.29) is 0 Å². The van der Waals surface area contributed by atoms with Crippen LogP contribution in [0, 0.1) is 13.8 Å². The summed E-state index contributed by atoms with van der Waals surface area (Å²) < 4.78 is 6.40. The largest absolute Gasteiger partial charge is 0.496 e. The van der Waals surface area contributed by atoms with Gasteiger partial charge in [0.25, 0.3) is 0 Å². The van der Waals surface area contributed by atoms with Gasteiger partial charge in [-0.3, -0.25) is 4.79 Å². The molecule has 0 N–H and O–H groups in total. The Hall–Kier alpha value is -1.35. The molecule has 0 aliphatic carbocycles. The van der Waals surface area contributed by atoms with Crippen LogP contribution in [0.3, 0.4) is 0 Å². The molecular weight excluding hydrogens is 208 g/mol. The number of methoxy groups -OCH3 is 1. The predicted molar refractivity (Wildman–Crippen MR) is 63.2 cm³/mol.